The van der Waals surface area contributed by atoms with Gasteiger partial charge in [0.2, 0.25) is 0 Å². The molecule has 2 rings (SSSR count). The Morgan fingerprint density at radius 2 is 2.20 bits per heavy atom. The molecule has 2 N–H and O–H groups in total. The molecule has 0 heterocycles. The largest absolute Gasteiger partial charge is 0.435 e. The van der Waals surface area contributed by atoms with E-state index in [1.54, 1.807) is 12.1 Å². The van der Waals surface area contributed by atoms with Crippen LogP contribution in [0.25, 0.3) is 0 Å². The summed E-state index contributed by atoms with van der Waals surface area (Å²) in [5, 5.41) is 5.56. The Morgan fingerprint density at radius 1 is 1.45 bits per heavy atom. The molecule has 1 aliphatic rings. The Morgan fingerprint density at radius 3 is 2.85 bits per heavy atom. The van der Waals surface area contributed by atoms with E-state index in [0.717, 1.165) is 12.8 Å². The molecule has 0 bridgehead atoms. The van der Waals surface area contributed by atoms with Crippen molar-refractivity contribution in [3.63, 3.8) is 0 Å². The average molecular weight is 284 g/mol. The molecule has 0 radical (unpaired) electrons. The van der Waals surface area contributed by atoms with E-state index in [2.05, 4.69) is 15.4 Å². The maximum Gasteiger partial charge on any atom is 0.387 e. The van der Waals surface area contributed by atoms with E-state index < -0.39 is 6.61 Å². The van der Waals surface area contributed by atoms with Crippen LogP contribution in [0.3, 0.4) is 0 Å². The van der Waals surface area contributed by atoms with Gasteiger partial charge in [0.15, 0.2) is 0 Å². The number of urea groups is 1. The molecule has 1 fully saturated rings. The summed E-state index contributed by atoms with van der Waals surface area (Å²) in [6.45, 7) is -0.598. The van der Waals surface area contributed by atoms with Crippen LogP contribution in [0.15, 0.2) is 24.3 Å². The van der Waals surface area contributed by atoms with Gasteiger partial charge in [0.1, 0.15) is 5.75 Å². The van der Waals surface area contributed by atoms with Crippen LogP contribution in [-0.2, 0) is 6.54 Å². The first-order valence-corrected chi connectivity index (χ1v) is 6.62. The molecular weight excluding hydrogens is 266 g/mol. The highest BCUT2D eigenvalue weighted by molar-refractivity contribution is 5.74. The molecule has 1 unspecified atom stereocenters. The first kappa shape index (κ1) is 14.6. The average Bonchev–Trinajstić information content (AvgIpc) is 3.20. The molecule has 0 saturated heterocycles. The van der Waals surface area contributed by atoms with Crippen LogP contribution in [0, 0.1) is 5.92 Å². The minimum atomic E-state index is -2.85. The Kier molecular flexibility index (Phi) is 4.76. The summed E-state index contributed by atoms with van der Waals surface area (Å²) in [4.78, 5) is 11.6. The van der Waals surface area contributed by atoms with E-state index in [4.69, 9.17) is 0 Å². The number of benzene rings is 1. The normalized spacial score (nSPS) is 15.8. The molecule has 1 aromatic rings. The lowest BCUT2D eigenvalue weighted by Gasteiger charge is -2.14. The summed E-state index contributed by atoms with van der Waals surface area (Å²) in [5.74, 6) is 0.676. The fourth-order valence-electron chi connectivity index (χ4n) is 1.99. The van der Waals surface area contributed by atoms with Crippen molar-refractivity contribution in [3.8, 4) is 5.75 Å². The molecular formula is C14H18F2N2O2. The van der Waals surface area contributed by atoms with Gasteiger partial charge < -0.3 is 15.4 Å². The van der Waals surface area contributed by atoms with Gasteiger partial charge in [-0.2, -0.15) is 8.78 Å². The molecule has 20 heavy (non-hydrogen) atoms. The zero-order valence-electron chi connectivity index (χ0n) is 11.2. The molecule has 0 spiro atoms. The topological polar surface area (TPSA) is 50.4 Å². The third-order valence-electron chi connectivity index (χ3n) is 3.26. The summed E-state index contributed by atoms with van der Waals surface area (Å²) in [5.41, 5.74) is 0.706. The number of nitrogens with one attached hydrogen (secondary N) is 2. The predicted octanol–water partition coefficient (Wildman–Crippen LogP) is 2.89. The van der Waals surface area contributed by atoms with Gasteiger partial charge in [-0.25, -0.2) is 4.79 Å². The summed E-state index contributed by atoms with van der Waals surface area (Å²) < 4.78 is 28.5. The van der Waals surface area contributed by atoms with Crippen LogP contribution in [0.1, 0.15) is 25.3 Å². The van der Waals surface area contributed by atoms with Crippen molar-refractivity contribution in [1.29, 1.82) is 0 Å². The Bertz CT molecular complexity index is 464. The second-order valence-corrected chi connectivity index (χ2v) is 4.98. The van der Waals surface area contributed by atoms with Crippen molar-refractivity contribution in [1.82, 2.24) is 10.6 Å². The van der Waals surface area contributed by atoms with Crippen LogP contribution in [-0.4, -0.2) is 18.7 Å². The fraction of sp³-hybridized carbons (Fsp3) is 0.500. The maximum atomic E-state index is 12.1. The van der Waals surface area contributed by atoms with Crippen molar-refractivity contribution < 1.29 is 18.3 Å². The number of halogens is 2. The monoisotopic (exact) mass is 284 g/mol. The third kappa shape index (κ3) is 4.68. The van der Waals surface area contributed by atoms with E-state index in [1.807, 2.05) is 6.92 Å². The molecule has 6 heteroatoms. The zero-order valence-corrected chi connectivity index (χ0v) is 11.2. The molecule has 110 valence electrons. The van der Waals surface area contributed by atoms with Gasteiger partial charge in [0.25, 0.3) is 0 Å². The minimum Gasteiger partial charge on any atom is -0.435 e. The number of hydrogen-bond acceptors (Lipinski definition) is 2. The van der Waals surface area contributed by atoms with Crippen molar-refractivity contribution in [3.05, 3.63) is 29.8 Å². The van der Waals surface area contributed by atoms with E-state index in [9.17, 15) is 13.6 Å². The number of ether oxygens (including phenoxy) is 1. The summed E-state index contributed by atoms with van der Waals surface area (Å²) >= 11 is 0. The van der Waals surface area contributed by atoms with E-state index >= 15 is 0 Å². The van der Waals surface area contributed by atoms with Crippen LogP contribution in [0.5, 0.6) is 5.75 Å². The molecule has 0 aliphatic heterocycles. The molecule has 2 amide bonds. The van der Waals surface area contributed by atoms with E-state index in [0.29, 0.717) is 11.5 Å². The molecule has 1 aromatic carbocycles. The van der Waals surface area contributed by atoms with Crippen LogP contribution in [0.2, 0.25) is 0 Å². The van der Waals surface area contributed by atoms with Crippen LogP contribution < -0.4 is 15.4 Å². The highest BCUT2D eigenvalue weighted by Gasteiger charge is 2.28. The predicted molar refractivity (Wildman–Crippen MR) is 70.6 cm³/mol. The van der Waals surface area contributed by atoms with Gasteiger partial charge in [-0.1, -0.05) is 12.1 Å². The smallest absolute Gasteiger partial charge is 0.387 e. The second kappa shape index (κ2) is 6.54. The van der Waals surface area contributed by atoms with E-state index in [1.165, 1.54) is 12.1 Å². The first-order valence-electron chi connectivity index (χ1n) is 6.62. The molecule has 4 nitrogen and oxygen atoms in total. The Balaban J connectivity index is 1.79. The number of amides is 2. The van der Waals surface area contributed by atoms with Gasteiger partial charge in [0.05, 0.1) is 0 Å². The minimum absolute atomic E-state index is 0.0889. The number of carbonyl (C=O) groups is 1. The van der Waals surface area contributed by atoms with Gasteiger partial charge in [0, 0.05) is 12.6 Å². The lowest BCUT2D eigenvalue weighted by Crippen LogP contribution is -2.41. The maximum absolute atomic E-state index is 12.1. The zero-order chi connectivity index (χ0) is 14.5. The number of rotatable bonds is 6. The van der Waals surface area contributed by atoms with Gasteiger partial charge in [-0.15, -0.1) is 0 Å². The van der Waals surface area contributed by atoms with Gasteiger partial charge in [-0.3, -0.25) is 0 Å². The Labute approximate surface area is 116 Å². The number of alkyl halides is 2. The Hall–Kier alpha value is -1.85. The van der Waals surface area contributed by atoms with Gasteiger partial charge in [-0.05, 0) is 43.4 Å². The van der Waals surface area contributed by atoms with Crippen molar-refractivity contribution in [2.24, 2.45) is 5.92 Å². The van der Waals surface area contributed by atoms with Crippen LogP contribution >= 0.6 is 0 Å². The molecule has 1 atom stereocenters. The molecule has 1 saturated carbocycles. The molecule has 1 aliphatic carbocycles. The SMILES string of the molecule is CC(NC(=O)NCc1cccc(OC(F)F)c1)C1CC1. The number of hydrogen-bond donors (Lipinski definition) is 2. The summed E-state index contributed by atoms with van der Waals surface area (Å²) in [6.07, 6.45) is 2.32. The van der Waals surface area contributed by atoms with Crippen LogP contribution in [0.4, 0.5) is 13.6 Å². The van der Waals surface area contributed by atoms with Crippen molar-refractivity contribution >= 4 is 6.03 Å². The fourth-order valence-corrected chi connectivity index (χ4v) is 1.99. The first-order chi connectivity index (χ1) is 9.54. The second-order valence-electron chi connectivity index (χ2n) is 4.98. The lowest BCUT2D eigenvalue weighted by atomic mass is 10.2. The highest BCUT2D eigenvalue weighted by Crippen LogP contribution is 2.32. The summed E-state index contributed by atoms with van der Waals surface area (Å²) in [6, 6.07) is 6.21. The van der Waals surface area contributed by atoms with E-state index in [-0.39, 0.29) is 24.4 Å². The van der Waals surface area contributed by atoms with Gasteiger partial charge >= 0.3 is 12.6 Å². The third-order valence-corrected chi connectivity index (χ3v) is 3.26. The quantitative estimate of drug-likeness (QED) is 0.844. The van der Waals surface area contributed by atoms with Crippen molar-refractivity contribution in [2.45, 2.75) is 39.0 Å². The highest BCUT2D eigenvalue weighted by atomic mass is 19.3. The lowest BCUT2D eigenvalue weighted by molar-refractivity contribution is -0.0498. The standard InChI is InChI=1S/C14H18F2N2O2/c1-9(11-5-6-11)18-14(19)17-8-10-3-2-4-12(7-10)20-13(15)16/h2-4,7,9,11,13H,5-6,8H2,1H3,(H2,17,18,19). The van der Waals surface area contributed by atoms with Crippen molar-refractivity contribution in [2.75, 3.05) is 0 Å². The number of carbonyl (C=O) groups excluding carboxylic acids is 1. The molecule has 0 aromatic heterocycles. The summed E-state index contributed by atoms with van der Waals surface area (Å²) in [7, 11) is 0.